The Morgan fingerprint density at radius 2 is 2.27 bits per heavy atom. The molecule has 80 valence electrons. The molecule has 2 nitrogen and oxygen atoms in total. The first kappa shape index (κ1) is 10.6. The van der Waals surface area contributed by atoms with Gasteiger partial charge in [-0.2, -0.15) is 0 Å². The van der Waals surface area contributed by atoms with Crippen molar-refractivity contribution < 1.29 is 13.9 Å². The summed E-state index contributed by atoms with van der Waals surface area (Å²) in [7, 11) is 0. The Bertz CT molecular complexity index is 392. The molecule has 0 N–H and O–H groups in total. The number of Topliss-reactive ketones (excluding diaryl/α,β-unsaturated/α-hetero) is 1. The smallest absolute Gasteiger partial charge is 0.136 e. The van der Waals surface area contributed by atoms with E-state index < -0.39 is 0 Å². The Hall–Kier alpha value is -0.900. The summed E-state index contributed by atoms with van der Waals surface area (Å²) in [5, 5.41) is 0. The van der Waals surface area contributed by atoms with Crippen LogP contribution in [0.4, 0.5) is 4.39 Å². The van der Waals surface area contributed by atoms with Gasteiger partial charge >= 0.3 is 0 Å². The van der Waals surface area contributed by atoms with Crippen molar-refractivity contribution in [2.45, 2.75) is 25.4 Å². The minimum absolute atomic E-state index is 0.0562. The quantitative estimate of drug-likeness (QED) is 0.827. The number of carbonyl (C=O) groups is 1. The zero-order chi connectivity index (χ0) is 10.8. The van der Waals surface area contributed by atoms with Crippen LogP contribution in [0.25, 0.3) is 0 Å². The van der Waals surface area contributed by atoms with Gasteiger partial charge in [-0.3, -0.25) is 4.79 Å². The fourth-order valence-electron chi connectivity index (χ4n) is 1.63. The molecule has 0 heterocycles. The van der Waals surface area contributed by atoms with Crippen molar-refractivity contribution in [1.82, 2.24) is 0 Å². The number of halogens is 2. The second-order valence-corrected chi connectivity index (χ2v) is 4.45. The maximum absolute atomic E-state index is 12.8. The van der Waals surface area contributed by atoms with Gasteiger partial charge in [-0.1, -0.05) is 0 Å². The fourth-order valence-corrected chi connectivity index (χ4v) is 2.08. The number of hydrogen-bond donors (Lipinski definition) is 0. The summed E-state index contributed by atoms with van der Waals surface area (Å²) in [6.07, 6.45) is 1.75. The number of ketones is 1. The van der Waals surface area contributed by atoms with Gasteiger partial charge in [0, 0.05) is 12.8 Å². The molecule has 1 aliphatic carbocycles. The molecule has 0 aliphatic heterocycles. The first-order chi connectivity index (χ1) is 7.15. The molecule has 0 radical (unpaired) electrons. The highest BCUT2D eigenvalue weighted by Crippen LogP contribution is 2.29. The summed E-state index contributed by atoms with van der Waals surface area (Å²) in [5.74, 6) is 0.519. The summed E-state index contributed by atoms with van der Waals surface area (Å²) in [5.41, 5.74) is 0. The number of carbonyl (C=O) groups excluding carboxylic acids is 1. The molecule has 1 fully saturated rings. The van der Waals surface area contributed by atoms with Crippen LogP contribution in [0.5, 0.6) is 5.75 Å². The van der Waals surface area contributed by atoms with E-state index in [2.05, 4.69) is 15.9 Å². The van der Waals surface area contributed by atoms with Gasteiger partial charge in [-0.15, -0.1) is 0 Å². The molecule has 0 aromatic heterocycles. The predicted octanol–water partition coefficient (Wildman–Crippen LogP) is 3.09. The predicted molar refractivity (Wildman–Crippen MR) is 57.4 cm³/mol. The van der Waals surface area contributed by atoms with Crippen LogP contribution < -0.4 is 4.74 Å². The van der Waals surface area contributed by atoms with Crippen LogP contribution in [0.2, 0.25) is 0 Å². The van der Waals surface area contributed by atoms with E-state index >= 15 is 0 Å². The summed E-state index contributed by atoms with van der Waals surface area (Å²) in [4.78, 5) is 11.0. The number of hydrogen-bond acceptors (Lipinski definition) is 2. The van der Waals surface area contributed by atoms with Gasteiger partial charge in [-0.05, 0) is 40.5 Å². The monoisotopic (exact) mass is 272 g/mol. The topological polar surface area (TPSA) is 26.3 Å². The highest BCUT2D eigenvalue weighted by Gasteiger charge is 2.24. The zero-order valence-corrected chi connectivity index (χ0v) is 9.59. The summed E-state index contributed by atoms with van der Waals surface area (Å²) >= 11 is 3.22. The van der Waals surface area contributed by atoms with E-state index in [0.717, 1.165) is 6.42 Å². The number of ether oxygens (including phenoxy) is 1. The van der Waals surface area contributed by atoms with Crippen LogP contribution in [0.3, 0.4) is 0 Å². The average molecular weight is 273 g/mol. The molecule has 0 bridgehead atoms. The largest absolute Gasteiger partial charge is 0.489 e. The van der Waals surface area contributed by atoms with Gasteiger partial charge in [0.05, 0.1) is 4.47 Å². The van der Waals surface area contributed by atoms with E-state index in [1.807, 2.05) is 0 Å². The van der Waals surface area contributed by atoms with E-state index in [-0.39, 0.29) is 17.7 Å². The van der Waals surface area contributed by atoms with Gasteiger partial charge in [0.1, 0.15) is 23.5 Å². The molecule has 0 saturated heterocycles. The summed E-state index contributed by atoms with van der Waals surface area (Å²) in [6, 6.07) is 4.27. The van der Waals surface area contributed by atoms with E-state index in [1.54, 1.807) is 6.07 Å². The molecule has 1 unspecified atom stereocenters. The van der Waals surface area contributed by atoms with Gasteiger partial charge in [0.15, 0.2) is 0 Å². The molecule has 1 atom stereocenters. The Kier molecular flexibility index (Phi) is 3.05. The van der Waals surface area contributed by atoms with Crippen LogP contribution >= 0.6 is 15.9 Å². The van der Waals surface area contributed by atoms with Crippen LogP contribution in [-0.2, 0) is 4.79 Å². The normalized spacial score (nSPS) is 20.7. The minimum Gasteiger partial charge on any atom is -0.489 e. The van der Waals surface area contributed by atoms with Crippen molar-refractivity contribution >= 4 is 21.7 Å². The van der Waals surface area contributed by atoms with Crippen molar-refractivity contribution in [3.63, 3.8) is 0 Å². The molecule has 1 aliphatic rings. The molecule has 2 rings (SSSR count). The number of rotatable bonds is 2. The Balaban J connectivity index is 2.07. The van der Waals surface area contributed by atoms with Crippen LogP contribution in [-0.4, -0.2) is 11.9 Å². The van der Waals surface area contributed by atoms with E-state index in [4.69, 9.17) is 4.74 Å². The van der Waals surface area contributed by atoms with Gasteiger partial charge in [0.25, 0.3) is 0 Å². The SMILES string of the molecule is O=C1CCC(Oc2ccc(F)cc2Br)C1. The molecule has 0 spiro atoms. The first-order valence-corrected chi connectivity index (χ1v) is 5.58. The number of benzene rings is 1. The maximum Gasteiger partial charge on any atom is 0.136 e. The van der Waals surface area contributed by atoms with Crippen molar-refractivity contribution in [3.8, 4) is 5.75 Å². The standard InChI is InChI=1S/C11H10BrFO2/c12-10-5-7(13)1-4-11(10)15-9-3-2-8(14)6-9/h1,4-5,9H,2-3,6H2. The van der Waals surface area contributed by atoms with Crippen molar-refractivity contribution in [2.75, 3.05) is 0 Å². The van der Waals surface area contributed by atoms with Gasteiger partial charge < -0.3 is 4.74 Å². The van der Waals surface area contributed by atoms with Crippen LogP contribution in [0.15, 0.2) is 22.7 Å². The Morgan fingerprint density at radius 3 is 2.87 bits per heavy atom. The molecule has 4 heteroatoms. The van der Waals surface area contributed by atoms with Crippen LogP contribution in [0.1, 0.15) is 19.3 Å². The molecule has 1 saturated carbocycles. The Morgan fingerprint density at radius 1 is 1.47 bits per heavy atom. The maximum atomic E-state index is 12.8. The molecule has 1 aromatic rings. The third-order valence-corrected chi connectivity index (χ3v) is 3.01. The van der Waals surface area contributed by atoms with E-state index in [1.165, 1.54) is 12.1 Å². The zero-order valence-electron chi connectivity index (χ0n) is 8.00. The summed E-state index contributed by atoms with van der Waals surface area (Å²) < 4.78 is 19.0. The molecule has 0 amide bonds. The summed E-state index contributed by atoms with van der Waals surface area (Å²) in [6.45, 7) is 0. The third-order valence-electron chi connectivity index (χ3n) is 2.39. The first-order valence-electron chi connectivity index (χ1n) is 4.78. The molecular weight excluding hydrogens is 263 g/mol. The highest BCUT2D eigenvalue weighted by atomic mass is 79.9. The fraction of sp³-hybridized carbons (Fsp3) is 0.364. The van der Waals surface area contributed by atoms with Crippen molar-refractivity contribution in [1.29, 1.82) is 0 Å². The van der Waals surface area contributed by atoms with Crippen molar-refractivity contribution in [2.24, 2.45) is 0 Å². The lowest BCUT2D eigenvalue weighted by Crippen LogP contribution is -2.12. The lowest BCUT2D eigenvalue weighted by molar-refractivity contribution is -0.117. The van der Waals surface area contributed by atoms with E-state index in [9.17, 15) is 9.18 Å². The second kappa shape index (κ2) is 4.31. The van der Waals surface area contributed by atoms with Crippen LogP contribution in [0, 0.1) is 5.82 Å². The minimum atomic E-state index is -0.309. The van der Waals surface area contributed by atoms with Crippen molar-refractivity contribution in [3.05, 3.63) is 28.5 Å². The average Bonchev–Trinajstić information content (AvgIpc) is 2.56. The molecule has 1 aromatic carbocycles. The van der Waals surface area contributed by atoms with Gasteiger partial charge in [0.2, 0.25) is 0 Å². The van der Waals surface area contributed by atoms with E-state index in [0.29, 0.717) is 23.1 Å². The molecular formula is C11H10BrFO2. The van der Waals surface area contributed by atoms with Gasteiger partial charge in [-0.25, -0.2) is 4.39 Å². The Labute approximate surface area is 95.6 Å². The lowest BCUT2D eigenvalue weighted by atomic mass is 10.3. The second-order valence-electron chi connectivity index (χ2n) is 3.60. The lowest BCUT2D eigenvalue weighted by Gasteiger charge is -2.13. The third kappa shape index (κ3) is 2.56. The molecule has 15 heavy (non-hydrogen) atoms. The highest BCUT2D eigenvalue weighted by molar-refractivity contribution is 9.10.